The van der Waals surface area contributed by atoms with Gasteiger partial charge in [-0.15, -0.1) is 17.8 Å². The number of hydrogen-bond acceptors (Lipinski definition) is 5. The van der Waals surface area contributed by atoms with E-state index in [2.05, 4.69) is 20.9 Å². The molecule has 1 aromatic carbocycles. The van der Waals surface area contributed by atoms with E-state index in [1.165, 1.54) is 23.5 Å². The summed E-state index contributed by atoms with van der Waals surface area (Å²) < 4.78 is 41.9. The number of carbonyl (C=O) groups excluding carboxylic acids is 1. The van der Waals surface area contributed by atoms with Crippen molar-refractivity contribution >= 4 is 44.7 Å². The molecule has 0 aliphatic carbocycles. The number of rotatable bonds is 4. The lowest BCUT2D eigenvalue weighted by Gasteiger charge is -2.36. The molecule has 2 N–H and O–H groups in total. The normalized spacial score (nSPS) is 22.1. The third-order valence-corrected chi connectivity index (χ3v) is 6.66. The van der Waals surface area contributed by atoms with Gasteiger partial charge in [0.05, 0.1) is 17.6 Å². The first-order chi connectivity index (χ1) is 12.8. The number of aromatic nitrogens is 1. The Kier molecular flexibility index (Phi) is 5.78. The molecule has 0 unspecified atom stereocenters. The topological polar surface area (TPSA) is 91.4 Å². The number of benzene rings is 1. The third kappa shape index (κ3) is 4.28. The average Bonchev–Trinajstić information content (AvgIpc) is 3.14. The van der Waals surface area contributed by atoms with Crippen molar-refractivity contribution in [1.82, 2.24) is 14.0 Å². The molecular weight excluding hydrogens is 415 g/mol. The molecule has 11 heteroatoms. The van der Waals surface area contributed by atoms with Crippen molar-refractivity contribution < 1.29 is 17.6 Å². The predicted molar refractivity (Wildman–Crippen MR) is 101 cm³/mol. The number of terminal acetylenes is 1. The van der Waals surface area contributed by atoms with Crippen molar-refractivity contribution in [2.45, 2.75) is 18.5 Å². The van der Waals surface area contributed by atoms with Crippen molar-refractivity contribution in [2.75, 3.05) is 11.9 Å². The van der Waals surface area contributed by atoms with Gasteiger partial charge in [0.15, 0.2) is 0 Å². The van der Waals surface area contributed by atoms with E-state index in [0.29, 0.717) is 5.01 Å². The van der Waals surface area contributed by atoms with E-state index in [0.717, 1.165) is 10.4 Å². The van der Waals surface area contributed by atoms with Gasteiger partial charge >= 0.3 is 0 Å². The minimum Gasteiger partial charge on any atom is -0.325 e. The molecule has 7 nitrogen and oxygen atoms in total. The molecule has 3 rings (SSSR count). The summed E-state index contributed by atoms with van der Waals surface area (Å²) in [6, 6.07) is 1.96. The standard InChI is InChI=1S/C16H14ClFN4O3S2/c1-2-6-22-14(15(23)20-10-3-4-12(18)11(17)8-10)9-13(21-27(22,24)25)16-19-5-7-26-16/h1,3-5,7-8,13-14,21H,6,9H2,(H,20,23)/t13-,14+/m0/s1. The Morgan fingerprint density at radius 1 is 1.56 bits per heavy atom. The van der Waals surface area contributed by atoms with E-state index in [1.807, 2.05) is 0 Å². The summed E-state index contributed by atoms with van der Waals surface area (Å²) in [6.07, 6.45) is 6.96. The molecule has 27 heavy (non-hydrogen) atoms. The van der Waals surface area contributed by atoms with Crippen LogP contribution in [-0.4, -0.2) is 36.2 Å². The van der Waals surface area contributed by atoms with Crippen molar-refractivity contribution in [3.05, 3.63) is 45.6 Å². The number of halogens is 2. The number of thiazole rings is 1. The predicted octanol–water partition coefficient (Wildman–Crippen LogP) is 2.16. The number of nitrogens with one attached hydrogen (secondary N) is 2. The molecule has 0 saturated carbocycles. The molecule has 2 atom stereocenters. The van der Waals surface area contributed by atoms with E-state index < -0.39 is 34.0 Å². The van der Waals surface area contributed by atoms with Crippen LogP contribution in [0.5, 0.6) is 0 Å². The first kappa shape index (κ1) is 19.7. The van der Waals surface area contributed by atoms with Gasteiger partial charge in [-0.1, -0.05) is 17.5 Å². The van der Waals surface area contributed by atoms with E-state index in [9.17, 15) is 17.6 Å². The van der Waals surface area contributed by atoms with Crippen LogP contribution in [0.1, 0.15) is 17.5 Å². The summed E-state index contributed by atoms with van der Waals surface area (Å²) in [5.41, 5.74) is 0.244. The summed E-state index contributed by atoms with van der Waals surface area (Å²) in [4.78, 5) is 16.9. The molecule has 1 aliphatic heterocycles. The van der Waals surface area contributed by atoms with Gasteiger partial charge in [-0.25, -0.2) is 9.37 Å². The Bertz CT molecular complexity index is 992. The lowest BCUT2D eigenvalue weighted by molar-refractivity contribution is -0.120. The summed E-state index contributed by atoms with van der Waals surface area (Å²) >= 11 is 7.00. The molecule has 1 amide bonds. The van der Waals surface area contributed by atoms with Crippen LogP contribution >= 0.6 is 22.9 Å². The van der Waals surface area contributed by atoms with E-state index >= 15 is 0 Å². The van der Waals surface area contributed by atoms with Crippen molar-refractivity contribution in [1.29, 1.82) is 0 Å². The Labute approximate surface area is 164 Å². The highest BCUT2D eigenvalue weighted by Crippen LogP contribution is 2.30. The molecule has 1 aromatic heterocycles. The minimum atomic E-state index is -4.00. The van der Waals surface area contributed by atoms with Gasteiger partial charge < -0.3 is 5.32 Å². The Morgan fingerprint density at radius 2 is 2.33 bits per heavy atom. The van der Waals surface area contributed by atoms with E-state index in [-0.39, 0.29) is 23.7 Å². The second-order valence-electron chi connectivity index (χ2n) is 5.66. The summed E-state index contributed by atoms with van der Waals surface area (Å²) in [5, 5.41) is 4.66. The first-order valence-electron chi connectivity index (χ1n) is 7.69. The molecule has 2 heterocycles. The van der Waals surface area contributed by atoms with Crippen LogP contribution in [-0.2, 0) is 15.0 Å². The van der Waals surface area contributed by atoms with Crippen molar-refractivity contribution in [3.63, 3.8) is 0 Å². The monoisotopic (exact) mass is 428 g/mol. The SMILES string of the molecule is C#CCN1[C@@H](C(=O)Nc2ccc(F)c(Cl)c2)C[C@@H](c2nccs2)NS1(=O)=O. The summed E-state index contributed by atoms with van der Waals surface area (Å²) in [6.45, 7) is -0.276. The van der Waals surface area contributed by atoms with Crippen LogP contribution in [0.15, 0.2) is 29.8 Å². The van der Waals surface area contributed by atoms with Gasteiger partial charge in [0.25, 0.3) is 10.2 Å². The smallest absolute Gasteiger partial charge is 0.281 e. The largest absolute Gasteiger partial charge is 0.325 e. The van der Waals surface area contributed by atoms with Crippen LogP contribution in [0.2, 0.25) is 5.02 Å². The van der Waals surface area contributed by atoms with Gasteiger partial charge in [0, 0.05) is 17.3 Å². The van der Waals surface area contributed by atoms with Crippen LogP contribution in [0.3, 0.4) is 0 Å². The van der Waals surface area contributed by atoms with Crippen LogP contribution in [0.4, 0.5) is 10.1 Å². The minimum absolute atomic E-state index is 0.134. The lowest BCUT2D eigenvalue weighted by Crippen LogP contribution is -2.57. The first-order valence-corrected chi connectivity index (χ1v) is 10.4. The van der Waals surface area contributed by atoms with Crippen molar-refractivity contribution in [2.24, 2.45) is 0 Å². The number of anilines is 1. The van der Waals surface area contributed by atoms with Gasteiger partial charge in [-0.05, 0) is 24.6 Å². The Morgan fingerprint density at radius 3 is 2.96 bits per heavy atom. The summed E-state index contributed by atoms with van der Waals surface area (Å²) in [5.74, 6) is 1.03. The summed E-state index contributed by atoms with van der Waals surface area (Å²) in [7, 11) is -4.00. The van der Waals surface area contributed by atoms with Gasteiger partial charge in [0.2, 0.25) is 5.91 Å². The Balaban J connectivity index is 1.89. The second kappa shape index (κ2) is 7.92. The highest BCUT2D eigenvalue weighted by atomic mass is 35.5. The van der Waals surface area contributed by atoms with E-state index in [4.69, 9.17) is 18.0 Å². The average molecular weight is 429 g/mol. The maximum absolute atomic E-state index is 13.3. The zero-order valence-electron chi connectivity index (χ0n) is 13.7. The number of nitrogens with zero attached hydrogens (tertiary/aromatic N) is 2. The molecule has 2 aromatic rings. The van der Waals surface area contributed by atoms with Crippen LogP contribution < -0.4 is 10.0 Å². The van der Waals surface area contributed by atoms with Crippen LogP contribution in [0, 0.1) is 18.2 Å². The molecule has 1 saturated heterocycles. The zero-order chi connectivity index (χ0) is 19.6. The van der Waals surface area contributed by atoms with Crippen LogP contribution in [0.25, 0.3) is 0 Å². The number of amides is 1. The molecule has 0 radical (unpaired) electrons. The lowest BCUT2D eigenvalue weighted by atomic mass is 10.1. The zero-order valence-corrected chi connectivity index (χ0v) is 16.1. The number of hydrogen-bond donors (Lipinski definition) is 2. The Hall–Kier alpha value is -2.03. The molecular formula is C16H14ClFN4O3S2. The fourth-order valence-electron chi connectivity index (χ4n) is 2.68. The highest BCUT2D eigenvalue weighted by molar-refractivity contribution is 7.87. The van der Waals surface area contributed by atoms with E-state index in [1.54, 1.807) is 11.6 Å². The van der Waals surface area contributed by atoms with Gasteiger partial charge in [0.1, 0.15) is 16.9 Å². The van der Waals surface area contributed by atoms with Gasteiger partial charge in [-0.3, -0.25) is 4.79 Å². The molecule has 1 aliphatic rings. The molecule has 0 spiro atoms. The molecule has 142 valence electrons. The maximum Gasteiger partial charge on any atom is 0.281 e. The third-order valence-electron chi connectivity index (χ3n) is 3.89. The maximum atomic E-state index is 13.3. The highest BCUT2D eigenvalue weighted by Gasteiger charge is 2.43. The number of carbonyl (C=O) groups is 1. The molecule has 0 bridgehead atoms. The van der Waals surface area contributed by atoms with Gasteiger partial charge in [-0.2, -0.15) is 17.4 Å². The second-order valence-corrected chi connectivity index (χ2v) is 8.65. The fraction of sp³-hybridized carbons (Fsp3) is 0.250. The van der Waals surface area contributed by atoms with Crippen molar-refractivity contribution in [3.8, 4) is 12.3 Å². The quantitative estimate of drug-likeness (QED) is 0.730. The fourth-order valence-corrected chi connectivity index (χ4v) is 5.11. The molecule has 1 fully saturated rings.